The Kier molecular flexibility index (Phi) is 5.37. The Hall–Kier alpha value is -1.33. The monoisotopic (exact) mass is 376 g/mol. The van der Waals surface area contributed by atoms with E-state index < -0.39 is 0 Å². The molecule has 26 heavy (non-hydrogen) atoms. The summed E-state index contributed by atoms with van der Waals surface area (Å²) in [5, 5.41) is 3.94. The SMILES string of the molecule is CC(NC(=O)CN1CCN(c2ccc(Cl)cn2)CC1)C1CC2CCC1C2. The number of hydrogen-bond donors (Lipinski definition) is 1. The Morgan fingerprint density at radius 2 is 2.08 bits per heavy atom. The standard InChI is InChI=1S/C20H29ClN4O/c1-14(18-11-15-2-3-16(18)10-15)23-20(26)13-24-6-8-25(9-7-24)19-5-4-17(21)12-22-19/h4-5,12,14-16,18H,2-3,6-11,13H2,1H3,(H,23,26). The summed E-state index contributed by atoms with van der Waals surface area (Å²) in [6.45, 7) is 6.27. The molecule has 142 valence electrons. The fourth-order valence-electron chi connectivity index (χ4n) is 5.21. The second-order valence-corrected chi connectivity index (χ2v) is 8.73. The highest BCUT2D eigenvalue weighted by molar-refractivity contribution is 6.30. The van der Waals surface area contributed by atoms with Crippen molar-refractivity contribution < 1.29 is 4.79 Å². The zero-order valence-electron chi connectivity index (χ0n) is 15.5. The maximum Gasteiger partial charge on any atom is 0.234 e. The Morgan fingerprint density at radius 3 is 2.69 bits per heavy atom. The summed E-state index contributed by atoms with van der Waals surface area (Å²) < 4.78 is 0. The molecule has 0 spiro atoms. The number of halogens is 1. The van der Waals surface area contributed by atoms with Crippen LogP contribution in [0.15, 0.2) is 18.3 Å². The topological polar surface area (TPSA) is 48.5 Å². The minimum absolute atomic E-state index is 0.179. The first-order chi connectivity index (χ1) is 12.6. The molecule has 1 aromatic heterocycles. The zero-order chi connectivity index (χ0) is 18.1. The van der Waals surface area contributed by atoms with Crippen LogP contribution in [0.4, 0.5) is 5.82 Å². The van der Waals surface area contributed by atoms with E-state index in [4.69, 9.17) is 11.6 Å². The van der Waals surface area contributed by atoms with Crippen molar-refractivity contribution in [1.82, 2.24) is 15.2 Å². The summed E-state index contributed by atoms with van der Waals surface area (Å²) >= 11 is 5.91. The predicted molar refractivity (Wildman–Crippen MR) is 104 cm³/mol. The van der Waals surface area contributed by atoms with Gasteiger partial charge >= 0.3 is 0 Å². The van der Waals surface area contributed by atoms with Gasteiger partial charge in [0.25, 0.3) is 0 Å². The summed E-state index contributed by atoms with van der Waals surface area (Å²) in [7, 11) is 0. The number of aromatic nitrogens is 1. The smallest absolute Gasteiger partial charge is 0.234 e. The van der Waals surface area contributed by atoms with Crippen LogP contribution in [-0.2, 0) is 4.79 Å². The van der Waals surface area contributed by atoms with Gasteiger partial charge in [0, 0.05) is 38.4 Å². The third kappa shape index (κ3) is 3.99. The predicted octanol–water partition coefficient (Wildman–Crippen LogP) is 2.80. The largest absolute Gasteiger partial charge is 0.354 e. The van der Waals surface area contributed by atoms with Crippen LogP contribution in [0, 0.1) is 17.8 Å². The van der Waals surface area contributed by atoms with Crippen molar-refractivity contribution >= 4 is 23.3 Å². The van der Waals surface area contributed by atoms with Crippen LogP contribution < -0.4 is 10.2 Å². The molecule has 0 radical (unpaired) electrons. The van der Waals surface area contributed by atoms with Crippen LogP contribution in [0.5, 0.6) is 0 Å². The summed E-state index contributed by atoms with van der Waals surface area (Å²) in [5.74, 6) is 3.62. The van der Waals surface area contributed by atoms with Gasteiger partial charge in [-0.2, -0.15) is 0 Å². The minimum atomic E-state index is 0.179. The molecule has 0 aromatic carbocycles. The summed E-state index contributed by atoms with van der Waals surface area (Å²) in [4.78, 5) is 21.4. The number of piperazine rings is 1. The van der Waals surface area contributed by atoms with E-state index in [9.17, 15) is 4.79 Å². The van der Waals surface area contributed by atoms with Gasteiger partial charge < -0.3 is 10.2 Å². The minimum Gasteiger partial charge on any atom is -0.354 e. The van der Waals surface area contributed by atoms with Crippen LogP contribution in [0.2, 0.25) is 5.02 Å². The van der Waals surface area contributed by atoms with E-state index in [-0.39, 0.29) is 5.91 Å². The fraction of sp³-hybridized carbons (Fsp3) is 0.700. The number of anilines is 1. The molecule has 1 N–H and O–H groups in total. The van der Waals surface area contributed by atoms with Crippen LogP contribution in [0.25, 0.3) is 0 Å². The van der Waals surface area contributed by atoms with E-state index in [2.05, 4.69) is 27.0 Å². The number of rotatable bonds is 5. The first kappa shape index (κ1) is 18.1. The van der Waals surface area contributed by atoms with Gasteiger partial charge in [-0.3, -0.25) is 9.69 Å². The lowest BCUT2D eigenvalue weighted by atomic mass is 9.84. The Labute approximate surface area is 161 Å². The highest BCUT2D eigenvalue weighted by Crippen LogP contribution is 2.49. The molecule has 1 amide bonds. The molecule has 3 fully saturated rings. The van der Waals surface area contributed by atoms with E-state index in [0.717, 1.165) is 43.8 Å². The van der Waals surface area contributed by atoms with Gasteiger partial charge in [-0.15, -0.1) is 0 Å². The molecule has 5 nitrogen and oxygen atoms in total. The molecule has 2 heterocycles. The normalized spacial score (nSPS) is 29.8. The van der Waals surface area contributed by atoms with E-state index in [1.165, 1.54) is 25.7 Å². The Balaban J connectivity index is 1.21. The van der Waals surface area contributed by atoms with Gasteiger partial charge in [0.2, 0.25) is 5.91 Å². The molecular weight excluding hydrogens is 348 g/mol. The summed E-state index contributed by atoms with van der Waals surface area (Å²) in [6, 6.07) is 4.15. The molecular formula is C20H29ClN4O. The lowest BCUT2D eigenvalue weighted by molar-refractivity contribution is -0.123. The number of pyridine rings is 1. The first-order valence-electron chi connectivity index (χ1n) is 9.96. The number of hydrogen-bond acceptors (Lipinski definition) is 4. The molecule has 2 aliphatic carbocycles. The average Bonchev–Trinajstić information content (AvgIpc) is 3.26. The Bertz CT molecular complexity index is 629. The molecule has 1 aliphatic heterocycles. The van der Waals surface area contributed by atoms with Crippen molar-refractivity contribution in [3.05, 3.63) is 23.4 Å². The Morgan fingerprint density at radius 1 is 1.27 bits per heavy atom. The molecule has 4 rings (SSSR count). The van der Waals surface area contributed by atoms with Crippen molar-refractivity contribution in [3.8, 4) is 0 Å². The lowest BCUT2D eigenvalue weighted by Crippen LogP contribution is -2.51. The van der Waals surface area contributed by atoms with E-state index >= 15 is 0 Å². The molecule has 3 aliphatic rings. The van der Waals surface area contributed by atoms with Crippen molar-refractivity contribution in [1.29, 1.82) is 0 Å². The van der Waals surface area contributed by atoms with Crippen molar-refractivity contribution in [2.24, 2.45) is 17.8 Å². The number of amides is 1. The lowest BCUT2D eigenvalue weighted by Gasteiger charge is -2.35. The molecule has 1 aromatic rings. The van der Waals surface area contributed by atoms with Gasteiger partial charge in [0.1, 0.15) is 5.82 Å². The van der Waals surface area contributed by atoms with E-state index in [1.54, 1.807) is 6.20 Å². The highest BCUT2D eigenvalue weighted by Gasteiger charge is 2.42. The first-order valence-corrected chi connectivity index (χ1v) is 10.3. The number of carbonyl (C=O) groups is 1. The molecule has 4 unspecified atom stereocenters. The highest BCUT2D eigenvalue weighted by atomic mass is 35.5. The second-order valence-electron chi connectivity index (χ2n) is 8.29. The molecule has 1 saturated heterocycles. The van der Waals surface area contributed by atoms with Gasteiger partial charge in [-0.25, -0.2) is 4.98 Å². The van der Waals surface area contributed by atoms with Gasteiger partial charge in [-0.1, -0.05) is 18.0 Å². The van der Waals surface area contributed by atoms with Crippen LogP contribution in [0.3, 0.4) is 0 Å². The second kappa shape index (κ2) is 7.73. The van der Waals surface area contributed by atoms with Crippen LogP contribution >= 0.6 is 11.6 Å². The molecule has 4 atom stereocenters. The summed E-state index contributed by atoms with van der Waals surface area (Å²) in [6.07, 6.45) is 7.18. The molecule has 2 saturated carbocycles. The zero-order valence-corrected chi connectivity index (χ0v) is 16.3. The fourth-order valence-corrected chi connectivity index (χ4v) is 5.32. The van der Waals surface area contributed by atoms with Gasteiger partial charge in [0.05, 0.1) is 11.6 Å². The number of fused-ring (bicyclic) bond motifs is 2. The number of nitrogens with one attached hydrogen (secondary N) is 1. The quantitative estimate of drug-likeness (QED) is 0.858. The third-order valence-corrected chi connectivity index (χ3v) is 6.82. The summed E-state index contributed by atoms with van der Waals surface area (Å²) in [5.41, 5.74) is 0. The number of carbonyl (C=O) groups excluding carboxylic acids is 1. The van der Waals surface area contributed by atoms with E-state index in [1.807, 2.05) is 12.1 Å². The average molecular weight is 377 g/mol. The van der Waals surface area contributed by atoms with E-state index in [0.29, 0.717) is 23.5 Å². The maximum absolute atomic E-state index is 12.5. The van der Waals surface area contributed by atoms with Gasteiger partial charge in [-0.05, 0) is 56.1 Å². The van der Waals surface area contributed by atoms with Crippen LogP contribution in [0.1, 0.15) is 32.6 Å². The van der Waals surface area contributed by atoms with Crippen molar-refractivity contribution in [3.63, 3.8) is 0 Å². The third-order valence-electron chi connectivity index (χ3n) is 6.60. The van der Waals surface area contributed by atoms with Crippen molar-refractivity contribution in [2.75, 3.05) is 37.6 Å². The molecule has 2 bridgehead atoms. The van der Waals surface area contributed by atoms with Crippen molar-refractivity contribution in [2.45, 2.75) is 38.6 Å². The molecule has 6 heteroatoms. The number of nitrogens with zero attached hydrogens (tertiary/aromatic N) is 3. The van der Waals surface area contributed by atoms with Crippen LogP contribution in [-0.4, -0.2) is 54.6 Å². The maximum atomic E-state index is 12.5. The van der Waals surface area contributed by atoms with Gasteiger partial charge in [0.15, 0.2) is 0 Å².